The van der Waals surface area contributed by atoms with Crippen molar-refractivity contribution in [2.24, 2.45) is 17.8 Å². The first kappa shape index (κ1) is 15.3. The number of aliphatic hydroxyl groups excluding tert-OH is 1. The molecule has 0 aromatic rings. The number of carbonyl (C=O) groups is 1. The van der Waals surface area contributed by atoms with Crippen LogP contribution >= 0.6 is 0 Å². The van der Waals surface area contributed by atoms with Crippen LogP contribution in [0.3, 0.4) is 0 Å². The molecule has 21 heavy (non-hydrogen) atoms. The fraction of sp³-hybridized carbons (Fsp3) is 0.938. The lowest BCUT2D eigenvalue weighted by molar-refractivity contribution is -0.126. The number of hydrogen-bond acceptors (Lipinski definition) is 4. The van der Waals surface area contributed by atoms with Gasteiger partial charge in [-0.05, 0) is 43.9 Å². The van der Waals surface area contributed by atoms with Crippen molar-refractivity contribution in [2.45, 2.75) is 44.8 Å². The molecule has 2 bridgehead atoms. The maximum Gasteiger partial charge on any atom is 0.234 e. The summed E-state index contributed by atoms with van der Waals surface area (Å²) in [5, 5.41) is 12.3. The minimum Gasteiger partial charge on any atom is -0.394 e. The molecule has 5 nitrogen and oxygen atoms in total. The predicted octanol–water partition coefficient (Wildman–Crippen LogP) is 0.620. The van der Waals surface area contributed by atoms with E-state index in [-0.39, 0.29) is 18.6 Å². The van der Waals surface area contributed by atoms with E-state index in [2.05, 4.69) is 17.1 Å². The molecule has 1 amide bonds. The Morgan fingerprint density at radius 1 is 1.43 bits per heavy atom. The van der Waals surface area contributed by atoms with Gasteiger partial charge in [-0.3, -0.25) is 9.69 Å². The summed E-state index contributed by atoms with van der Waals surface area (Å²) >= 11 is 0. The summed E-state index contributed by atoms with van der Waals surface area (Å²) in [5.74, 6) is 2.56. The molecule has 5 unspecified atom stereocenters. The second kappa shape index (κ2) is 6.63. The number of nitrogens with zero attached hydrogens (tertiary/aromatic N) is 1. The maximum atomic E-state index is 12.2. The summed E-state index contributed by atoms with van der Waals surface area (Å²) < 4.78 is 5.41. The molecule has 0 spiro atoms. The molecular weight excluding hydrogens is 268 g/mol. The highest BCUT2D eigenvalue weighted by molar-refractivity contribution is 5.78. The summed E-state index contributed by atoms with van der Waals surface area (Å²) in [5.41, 5.74) is 0. The molecule has 0 aromatic heterocycles. The molecule has 5 heteroatoms. The SMILES string of the molecule is CC(NC(=O)CN1CCOC(CO)C1)C1CC2CCC1C2. The average molecular weight is 296 g/mol. The first-order valence-electron chi connectivity index (χ1n) is 8.40. The minimum atomic E-state index is -0.144. The molecule has 120 valence electrons. The van der Waals surface area contributed by atoms with E-state index in [9.17, 15) is 4.79 Å². The standard InChI is InChI=1S/C16H28N2O3/c1-11(15-7-12-2-3-13(15)6-12)17-16(20)9-18-4-5-21-14(8-18)10-19/h11-15,19H,2-10H2,1H3,(H,17,20). The Hall–Kier alpha value is -0.650. The molecule has 3 rings (SSSR count). The molecule has 2 N–H and O–H groups in total. The Kier molecular flexibility index (Phi) is 4.82. The predicted molar refractivity (Wildman–Crippen MR) is 79.8 cm³/mol. The number of fused-ring (bicyclic) bond motifs is 2. The molecule has 1 saturated heterocycles. The maximum absolute atomic E-state index is 12.2. The Morgan fingerprint density at radius 3 is 2.95 bits per heavy atom. The molecule has 3 fully saturated rings. The average Bonchev–Trinajstić information content (AvgIpc) is 3.10. The summed E-state index contributed by atoms with van der Waals surface area (Å²) in [4.78, 5) is 14.3. The number of ether oxygens (including phenoxy) is 1. The van der Waals surface area contributed by atoms with Gasteiger partial charge < -0.3 is 15.2 Å². The molecule has 0 aromatic carbocycles. The van der Waals surface area contributed by atoms with Crippen molar-refractivity contribution in [2.75, 3.05) is 32.8 Å². The molecule has 1 aliphatic heterocycles. The fourth-order valence-electron chi connectivity index (χ4n) is 4.55. The van der Waals surface area contributed by atoms with Gasteiger partial charge in [-0.25, -0.2) is 0 Å². The van der Waals surface area contributed by atoms with E-state index >= 15 is 0 Å². The van der Waals surface area contributed by atoms with Gasteiger partial charge in [0.05, 0.1) is 25.9 Å². The van der Waals surface area contributed by atoms with Crippen molar-refractivity contribution in [1.82, 2.24) is 10.2 Å². The van der Waals surface area contributed by atoms with E-state index in [1.54, 1.807) is 0 Å². The molecule has 2 saturated carbocycles. The Labute approximate surface area is 127 Å². The zero-order valence-electron chi connectivity index (χ0n) is 13.0. The third-order valence-electron chi connectivity index (χ3n) is 5.62. The normalized spacial score (nSPS) is 37.6. The van der Waals surface area contributed by atoms with Crippen LogP contribution in [0.2, 0.25) is 0 Å². The van der Waals surface area contributed by atoms with Crippen molar-refractivity contribution in [3.63, 3.8) is 0 Å². The second-order valence-electron chi connectivity index (χ2n) is 7.11. The van der Waals surface area contributed by atoms with Gasteiger partial charge in [0.25, 0.3) is 0 Å². The topological polar surface area (TPSA) is 61.8 Å². The first-order valence-corrected chi connectivity index (χ1v) is 8.40. The van der Waals surface area contributed by atoms with Crippen LogP contribution in [-0.4, -0.2) is 60.9 Å². The Balaban J connectivity index is 1.43. The van der Waals surface area contributed by atoms with Crippen LogP contribution in [-0.2, 0) is 9.53 Å². The van der Waals surface area contributed by atoms with Crippen molar-refractivity contribution in [3.05, 3.63) is 0 Å². The van der Waals surface area contributed by atoms with Crippen LogP contribution in [0, 0.1) is 17.8 Å². The highest BCUT2D eigenvalue weighted by Crippen LogP contribution is 2.49. The largest absolute Gasteiger partial charge is 0.394 e. The van der Waals surface area contributed by atoms with Gasteiger partial charge in [0.1, 0.15) is 0 Å². The van der Waals surface area contributed by atoms with Crippen molar-refractivity contribution in [1.29, 1.82) is 0 Å². The number of amides is 1. The van der Waals surface area contributed by atoms with Crippen LogP contribution < -0.4 is 5.32 Å². The summed E-state index contributed by atoms with van der Waals surface area (Å²) in [6.45, 7) is 4.63. The van der Waals surface area contributed by atoms with Gasteiger partial charge in [-0.1, -0.05) is 6.42 Å². The van der Waals surface area contributed by atoms with Gasteiger partial charge in [0, 0.05) is 19.1 Å². The number of rotatable bonds is 5. The molecule has 0 radical (unpaired) electrons. The molecule has 5 atom stereocenters. The smallest absolute Gasteiger partial charge is 0.234 e. The summed E-state index contributed by atoms with van der Waals surface area (Å²) in [6.07, 6.45) is 5.30. The van der Waals surface area contributed by atoms with E-state index < -0.39 is 0 Å². The van der Waals surface area contributed by atoms with Crippen molar-refractivity contribution < 1.29 is 14.6 Å². The molecule has 1 heterocycles. The van der Waals surface area contributed by atoms with Gasteiger partial charge in [-0.15, -0.1) is 0 Å². The van der Waals surface area contributed by atoms with Crippen molar-refractivity contribution in [3.8, 4) is 0 Å². The minimum absolute atomic E-state index is 0.0274. The number of morpholine rings is 1. The monoisotopic (exact) mass is 296 g/mol. The van der Waals surface area contributed by atoms with E-state index in [1.165, 1.54) is 25.7 Å². The van der Waals surface area contributed by atoms with Crippen LogP contribution in [0.4, 0.5) is 0 Å². The molecule has 3 aliphatic rings. The second-order valence-corrected chi connectivity index (χ2v) is 7.11. The quantitative estimate of drug-likeness (QED) is 0.781. The highest BCUT2D eigenvalue weighted by atomic mass is 16.5. The third kappa shape index (κ3) is 3.58. The van der Waals surface area contributed by atoms with E-state index in [0.29, 0.717) is 31.7 Å². The zero-order valence-corrected chi connectivity index (χ0v) is 13.0. The number of hydrogen-bond donors (Lipinski definition) is 2. The van der Waals surface area contributed by atoms with E-state index in [4.69, 9.17) is 9.84 Å². The summed E-state index contributed by atoms with van der Waals surface area (Å²) in [7, 11) is 0. The lowest BCUT2D eigenvalue weighted by atomic mass is 9.84. The van der Waals surface area contributed by atoms with Crippen LogP contribution in [0.5, 0.6) is 0 Å². The number of aliphatic hydroxyl groups is 1. The zero-order chi connectivity index (χ0) is 14.8. The fourth-order valence-corrected chi connectivity index (χ4v) is 4.55. The first-order chi connectivity index (χ1) is 10.2. The molecule has 2 aliphatic carbocycles. The number of carbonyl (C=O) groups excluding carboxylic acids is 1. The van der Waals surface area contributed by atoms with Crippen molar-refractivity contribution >= 4 is 5.91 Å². The Morgan fingerprint density at radius 2 is 2.29 bits per heavy atom. The number of nitrogens with one attached hydrogen (secondary N) is 1. The van der Waals surface area contributed by atoms with Crippen LogP contribution in [0.15, 0.2) is 0 Å². The third-order valence-corrected chi connectivity index (χ3v) is 5.62. The van der Waals surface area contributed by atoms with Gasteiger partial charge >= 0.3 is 0 Å². The van der Waals surface area contributed by atoms with Gasteiger partial charge in [0.15, 0.2) is 0 Å². The van der Waals surface area contributed by atoms with Crippen LogP contribution in [0.1, 0.15) is 32.6 Å². The highest BCUT2D eigenvalue weighted by Gasteiger charge is 2.42. The Bertz CT molecular complexity index is 377. The lowest BCUT2D eigenvalue weighted by Crippen LogP contribution is -2.50. The summed E-state index contributed by atoms with van der Waals surface area (Å²) in [6, 6.07) is 0.294. The lowest BCUT2D eigenvalue weighted by Gasteiger charge is -2.33. The van der Waals surface area contributed by atoms with E-state index in [0.717, 1.165) is 18.4 Å². The van der Waals surface area contributed by atoms with Gasteiger partial charge in [-0.2, -0.15) is 0 Å². The molecular formula is C16H28N2O3. The van der Waals surface area contributed by atoms with E-state index in [1.807, 2.05) is 0 Å². The van der Waals surface area contributed by atoms with Crippen LogP contribution in [0.25, 0.3) is 0 Å². The van der Waals surface area contributed by atoms with Gasteiger partial charge in [0.2, 0.25) is 5.91 Å².